The van der Waals surface area contributed by atoms with Gasteiger partial charge in [0, 0.05) is 12.1 Å². The molecule has 2 rings (SSSR count). The Morgan fingerprint density at radius 2 is 1.88 bits per heavy atom. The summed E-state index contributed by atoms with van der Waals surface area (Å²) >= 11 is 0. The molecule has 0 amide bonds. The lowest BCUT2D eigenvalue weighted by molar-refractivity contribution is 0.0734. The highest BCUT2D eigenvalue weighted by Crippen LogP contribution is 2.24. The molecule has 0 N–H and O–H groups in total. The van der Waals surface area contributed by atoms with E-state index in [0.717, 1.165) is 24.5 Å². The molecular formula is C19H17F3O3. The summed E-state index contributed by atoms with van der Waals surface area (Å²) in [5.74, 6) is -1.71. The first-order chi connectivity index (χ1) is 12.0. The van der Waals surface area contributed by atoms with E-state index < -0.39 is 18.2 Å². The van der Waals surface area contributed by atoms with E-state index in [2.05, 4.69) is 6.92 Å². The van der Waals surface area contributed by atoms with E-state index in [1.165, 1.54) is 12.1 Å². The van der Waals surface area contributed by atoms with Gasteiger partial charge in [0.1, 0.15) is 5.75 Å². The molecule has 0 aliphatic rings. The fourth-order valence-electron chi connectivity index (χ4n) is 2.07. The van der Waals surface area contributed by atoms with E-state index >= 15 is 0 Å². The van der Waals surface area contributed by atoms with Crippen LogP contribution in [0.15, 0.2) is 54.8 Å². The third kappa shape index (κ3) is 5.67. The van der Waals surface area contributed by atoms with E-state index in [9.17, 15) is 18.0 Å². The van der Waals surface area contributed by atoms with Gasteiger partial charge in [0.25, 0.3) is 6.43 Å². The quantitative estimate of drug-likeness (QED) is 0.393. The number of halogens is 3. The highest BCUT2D eigenvalue weighted by Gasteiger charge is 2.11. The summed E-state index contributed by atoms with van der Waals surface area (Å²) in [4.78, 5) is 12.1. The molecule has 2 aromatic rings. The molecule has 0 heterocycles. The zero-order valence-electron chi connectivity index (χ0n) is 13.5. The van der Waals surface area contributed by atoms with Crippen LogP contribution in [0.2, 0.25) is 0 Å². The summed E-state index contributed by atoms with van der Waals surface area (Å²) in [6.45, 7) is 2.06. The Morgan fingerprint density at radius 1 is 1.16 bits per heavy atom. The normalized spacial score (nSPS) is 11.1. The molecule has 0 unspecified atom stereocenters. The number of aryl methyl sites for hydroxylation is 1. The third-order valence-electron chi connectivity index (χ3n) is 3.26. The van der Waals surface area contributed by atoms with E-state index in [0.29, 0.717) is 17.9 Å². The van der Waals surface area contributed by atoms with E-state index in [-0.39, 0.29) is 11.5 Å². The molecular weight excluding hydrogens is 333 g/mol. The van der Waals surface area contributed by atoms with Crippen molar-refractivity contribution in [2.45, 2.75) is 26.2 Å². The fourth-order valence-corrected chi connectivity index (χ4v) is 2.07. The second-order valence-corrected chi connectivity index (χ2v) is 5.21. The largest absolute Gasteiger partial charge is 0.462 e. The number of carbonyl (C=O) groups is 1. The second kappa shape index (κ2) is 8.92. The number of esters is 1. The zero-order valence-corrected chi connectivity index (χ0v) is 13.5. The van der Waals surface area contributed by atoms with Crippen LogP contribution in [0.3, 0.4) is 0 Å². The van der Waals surface area contributed by atoms with Crippen molar-refractivity contribution in [1.29, 1.82) is 0 Å². The molecule has 0 saturated carbocycles. The predicted octanol–water partition coefficient (Wildman–Crippen LogP) is 5.16. The zero-order chi connectivity index (χ0) is 18.2. The van der Waals surface area contributed by atoms with Crippen molar-refractivity contribution < 1.29 is 27.4 Å². The lowest BCUT2D eigenvalue weighted by Gasteiger charge is -2.07. The summed E-state index contributed by atoms with van der Waals surface area (Å²) in [5.41, 5.74) is 1.46. The van der Waals surface area contributed by atoms with Crippen LogP contribution in [0.5, 0.6) is 11.5 Å². The Balaban J connectivity index is 2.02. The summed E-state index contributed by atoms with van der Waals surface area (Å²) in [5, 5.41) is 0. The van der Waals surface area contributed by atoms with Crippen LogP contribution >= 0.6 is 0 Å². The maximum atomic E-state index is 13.8. The van der Waals surface area contributed by atoms with Gasteiger partial charge in [-0.1, -0.05) is 25.5 Å². The number of carbonyl (C=O) groups excluding carboxylic acids is 1. The minimum atomic E-state index is -2.69. The van der Waals surface area contributed by atoms with Crippen molar-refractivity contribution in [2.75, 3.05) is 0 Å². The number of hydrogen-bond donors (Lipinski definition) is 0. The van der Waals surface area contributed by atoms with Crippen LogP contribution < -0.4 is 9.47 Å². The van der Waals surface area contributed by atoms with Gasteiger partial charge in [0.15, 0.2) is 11.6 Å². The molecule has 0 aliphatic heterocycles. The Labute approximate surface area is 143 Å². The fraction of sp³-hybridized carbons (Fsp3) is 0.211. The first kappa shape index (κ1) is 18.6. The first-order valence-corrected chi connectivity index (χ1v) is 7.71. The smallest absolute Gasteiger partial charge is 0.343 e. The van der Waals surface area contributed by atoms with Gasteiger partial charge in [-0.15, -0.1) is 0 Å². The summed E-state index contributed by atoms with van der Waals surface area (Å²) in [6.07, 6.45) is 0.417. The number of rotatable bonds is 7. The van der Waals surface area contributed by atoms with Gasteiger partial charge < -0.3 is 9.47 Å². The Morgan fingerprint density at radius 3 is 2.48 bits per heavy atom. The van der Waals surface area contributed by atoms with Crippen LogP contribution in [0.4, 0.5) is 13.2 Å². The number of benzene rings is 2. The summed E-state index contributed by atoms with van der Waals surface area (Å²) < 4.78 is 47.6. The van der Waals surface area contributed by atoms with E-state index in [1.807, 2.05) is 12.1 Å². The standard InChI is InChI=1S/C19H17F3O3/c1-2-3-13-4-6-14(7-5-13)19(23)25-15-8-9-17(16(20)12-15)24-11-10-18(21)22/h4-12,18H,2-3H2,1H3. The SMILES string of the molecule is CCCc1ccc(C(=O)Oc2ccc(OC=CC(F)F)c(F)c2)cc1. The molecule has 0 radical (unpaired) electrons. The third-order valence-corrected chi connectivity index (χ3v) is 3.26. The van der Waals surface area contributed by atoms with Crippen LogP contribution in [-0.4, -0.2) is 12.4 Å². The van der Waals surface area contributed by atoms with E-state index in [1.54, 1.807) is 12.1 Å². The number of hydrogen-bond acceptors (Lipinski definition) is 3. The highest BCUT2D eigenvalue weighted by molar-refractivity contribution is 5.91. The van der Waals surface area contributed by atoms with E-state index in [4.69, 9.17) is 9.47 Å². The Kier molecular flexibility index (Phi) is 6.62. The van der Waals surface area contributed by atoms with Gasteiger partial charge in [-0.2, -0.15) is 0 Å². The van der Waals surface area contributed by atoms with Crippen molar-refractivity contribution in [3.63, 3.8) is 0 Å². The summed E-state index contributed by atoms with van der Waals surface area (Å²) in [7, 11) is 0. The summed E-state index contributed by atoms with van der Waals surface area (Å²) in [6, 6.07) is 10.4. The lowest BCUT2D eigenvalue weighted by Crippen LogP contribution is -2.08. The molecule has 25 heavy (non-hydrogen) atoms. The van der Waals surface area contributed by atoms with Gasteiger partial charge >= 0.3 is 5.97 Å². The van der Waals surface area contributed by atoms with Crippen LogP contribution in [0, 0.1) is 5.82 Å². The molecule has 0 saturated heterocycles. The average Bonchev–Trinajstić information content (AvgIpc) is 2.57. The number of allylic oxidation sites excluding steroid dienone is 1. The molecule has 3 nitrogen and oxygen atoms in total. The van der Waals surface area contributed by atoms with Crippen molar-refractivity contribution in [3.05, 3.63) is 71.7 Å². The molecule has 6 heteroatoms. The van der Waals surface area contributed by atoms with Crippen molar-refractivity contribution >= 4 is 5.97 Å². The van der Waals surface area contributed by atoms with Crippen molar-refractivity contribution in [2.24, 2.45) is 0 Å². The Bertz CT molecular complexity index is 740. The van der Waals surface area contributed by atoms with Crippen LogP contribution in [-0.2, 0) is 6.42 Å². The maximum absolute atomic E-state index is 13.8. The molecule has 0 aromatic heterocycles. The molecule has 132 valence electrons. The van der Waals surface area contributed by atoms with Gasteiger partial charge in [-0.05, 0) is 36.2 Å². The van der Waals surface area contributed by atoms with Gasteiger partial charge in [0.05, 0.1) is 11.8 Å². The lowest BCUT2D eigenvalue weighted by atomic mass is 10.1. The minimum Gasteiger partial charge on any atom is -0.462 e. The second-order valence-electron chi connectivity index (χ2n) is 5.21. The molecule has 0 fully saturated rings. The predicted molar refractivity (Wildman–Crippen MR) is 87.6 cm³/mol. The topological polar surface area (TPSA) is 35.5 Å². The van der Waals surface area contributed by atoms with Gasteiger partial charge in [-0.3, -0.25) is 0 Å². The maximum Gasteiger partial charge on any atom is 0.343 e. The Hall–Kier alpha value is -2.76. The number of ether oxygens (including phenoxy) is 2. The first-order valence-electron chi connectivity index (χ1n) is 7.71. The van der Waals surface area contributed by atoms with Crippen molar-refractivity contribution in [3.8, 4) is 11.5 Å². The van der Waals surface area contributed by atoms with Crippen LogP contribution in [0.25, 0.3) is 0 Å². The van der Waals surface area contributed by atoms with Gasteiger partial charge in [0.2, 0.25) is 0 Å². The minimum absolute atomic E-state index is 0.00896. The monoisotopic (exact) mass is 350 g/mol. The molecule has 0 spiro atoms. The van der Waals surface area contributed by atoms with Gasteiger partial charge in [-0.25, -0.2) is 18.0 Å². The average molecular weight is 350 g/mol. The number of alkyl halides is 2. The molecule has 0 bridgehead atoms. The van der Waals surface area contributed by atoms with Crippen LogP contribution in [0.1, 0.15) is 29.3 Å². The van der Waals surface area contributed by atoms with Crippen molar-refractivity contribution in [1.82, 2.24) is 0 Å². The highest BCUT2D eigenvalue weighted by atomic mass is 19.3. The molecule has 0 atom stereocenters. The molecule has 2 aromatic carbocycles. The molecule has 0 aliphatic carbocycles.